The number of ether oxygens (including phenoxy) is 3. The molecule has 2 atom stereocenters. The summed E-state index contributed by atoms with van der Waals surface area (Å²) in [5.74, 6) is 0.412. The summed E-state index contributed by atoms with van der Waals surface area (Å²) in [7, 11) is 3.10. The second-order valence-corrected chi connectivity index (χ2v) is 6.98. The van der Waals surface area contributed by atoms with Gasteiger partial charge in [-0.15, -0.1) is 0 Å². The average molecular weight is 415 g/mol. The molecule has 0 aliphatic heterocycles. The van der Waals surface area contributed by atoms with Gasteiger partial charge < -0.3 is 24.8 Å². The van der Waals surface area contributed by atoms with Crippen LogP contribution in [-0.4, -0.2) is 32.6 Å². The fourth-order valence-corrected chi connectivity index (χ4v) is 3.10. The molecule has 7 heteroatoms. The third kappa shape index (κ3) is 5.65. The van der Waals surface area contributed by atoms with Gasteiger partial charge in [0.1, 0.15) is 5.75 Å². The number of aryl methyl sites for hydroxylation is 1. The molecule has 0 aliphatic carbocycles. The first-order valence-electron chi connectivity index (χ1n) is 9.87. The maximum absolute atomic E-state index is 12.5. The minimum Gasteiger partial charge on any atom is -0.494 e. The Bertz CT molecular complexity index is 897. The Labute approximate surface area is 177 Å². The molecule has 2 amide bonds. The predicted molar refractivity (Wildman–Crippen MR) is 115 cm³/mol. The summed E-state index contributed by atoms with van der Waals surface area (Å²) in [5, 5.41) is 5.46. The normalized spacial score (nSPS) is 12.5. The molecule has 0 saturated carbocycles. The fourth-order valence-electron chi connectivity index (χ4n) is 3.10. The van der Waals surface area contributed by atoms with E-state index in [4.69, 9.17) is 14.2 Å². The van der Waals surface area contributed by atoms with Crippen LogP contribution in [0.25, 0.3) is 0 Å². The molecular formula is C23H30N2O5. The SMILES string of the molecule is CCOc1ccc(C)cc1C(C)NC(=O)C(=O)NC(C)c1ccc(OC)c(OC)c1. The zero-order valence-electron chi connectivity index (χ0n) is 18.4. The first-order chi connectivity index (χ1) is 14.3. The molecule has 2 aromatic rings. The summed E-state index contributed by atoms with van der Waals surface area (Å²) in [5.41, 5.74) is 2.66. The lowest BCUT2D eigenvalue weighted by Crippen LogP contribution is -2.41. The molecule has 30 heavy (non-hydrogen) atoms. The summed E-state index contributed by atoms with van der Waals surface area (Å²) in [6, 6.07) is 10.3. The van der Waals surface area contributed by atoms with E-state index in [0.717, 1.165) is 16.7 Å². The highest BCUT2D eigenvalue weighted by Crippen LogP contribution is 2.30. The largest absolute Gasteiger partial charge is 0.494 e. The van der Waals surface area contributed by atoms with Crippen LogP contribution in [0.15, 0.2) is 36.4 Å². The van der Waals surface area contributed by atoms with Crippen molar-refractivity contribution in [3.8, 4) is 17.2 Å². The summed E-state index contributed by atoms with van der Waals surface area (Å²) in [6.45, 7) is 7.99. The van der Waals surface area contributed by atoms with Crippen molar-refractivity contribution in [2.24, 2.45) is 0 Å². The van der Waals surface area contributed by atoms with Gasteiger partial charge in [-0.2, -0.15) is 0 Å². The number of hydrogen-bond donors (Lipinski definition) is 2. The number of methoxy groups -OCH3 is 2. The molecule has 2 rings (SSSR count). The van der Waals surface area contributed by atoms with E-state index in [1.165, 1.54) is 0 Å². The van der Waals surface area contributed by atoms with Gasteiger partial charge in [-0.25, -0.2) is 0 Å². The summed E-state index contributed by atoms with van der Waals surface area (Å²) < 4.78 is 16.2. The number of nitrogens with one attached hydrogen (secondary N) is 2. The molecule has 7 nitrogen and oxygen atoms in total. The Morgan fingerprint density at radius 1 is 0.867 bits per heavy atom. The van der Waals surface area contributed by atoms with E-state index in [1.54, 1.807) is 33.3 Å². The second kappa shape index (κ2) is 10.5. The van der Waals surface area contributed by atoms with Gasteiger partial charge >= 0.3 is 11.8 Å². The predicted octanol–water partition coefficient (Wildman–Crippen LogP) is 3.47. The van der Waals surface area contributed by atoms with Crippen molar-refractivity contribution < 1.29 is 23.8 Å². The first-order valence-corrected chi connectivity index (χ1v) is 9.87. The maximum Gasteiger partial charge on any atom is 0.309 e. The minimum atomic E-state index is -0.713. The Morgan fingerprint density at radius 2 is 1.47 bits per heavy atom. The van der Waals surface area contributed by atoms with Gasteiger partial charge in [0.05, 0.1) is 32.9 Å². The van der Waals surface area contributed by atoms with Crippen LogP contribution in [0.4, 0.5) is 0 Å². The lowest BCUT2D eigenvalue weighted by Gasteiger charge is -2.20. The number of hydrogen-bond acceptors (Lipinski definition) is 5. The Hall–Kier alpha value is -3.22. The number of rotatable bonds is 8. The third-order valence-electron chi connectivity index (χ3n) is 4.74. The van der Waals surface area contributed by atoms with E-state index < -0.39 is 17.9 Å². The molecule has 0 aromatic heterocycles. The van der Waals surface area contributed by atoms with Crippen molar-refractivity contribution in [1.29, 1.82) is 0 Å². The second-order valence-electron chi connectivity index (χ2n) is 6.98. The number of benzene rings is 2. The van der Waals surface area contributed by atoms with Crippen molar-refractivity contribution in [1.82, 2.24) is 10.6 Å². The monoisotopic (exact) mass is 414 g/mol. The Balaban J connectivity index is 2.06. The number of carbonyl (C=O) groups is 2. The van der Waals surface area contributed by atoms with E-state index in [-0.39, 0.29) is 6.04 Å². The molecule has 2 N–H and O–H groups in total. The molecule has 0 spiro atoms. The Morgan fingerprint density at radius 3 is 2.07 bits per heavy atom. The topological polar surface area (TPSA) is 85.9 Å². The third-order valence-corrected chi connectivity index (χ3v) is 4.74. The average Bonchev–Trinajstić information content (AvgIpc) is 2.74. The molecule has 2 unspecified atom stereocenters. The van der Waals surface area contributed by atoms with Crippen molar-refractivity contribution in [2.45, 2.75) is 39.8 Å². The van der Waals surface area contributed by atoms with Crippen molar-refractivity contribution in [3.05, 3.63) is 53.1 Å². The zero-order chi connectivity index (χ0) is 22.3. The van der Waals surface area contributed by atoms with E-state index in [1.807, 2.05) is 45.0 Å². The van der Waals surface area contributed by atoms with Crippen LogP contribution in [0.3, 0.4) is 0 Å². The van der Waals surface area contributed by atoms with Gasteiger partial charge in [0.2, 0.25) is 0 Å². The highest BCUT2D eigenvalue weighted by molar-refractivity contribution is 6.35. The highest BCUT2D eigenvalue weighted by Gasteiger charge is 2.22. The summed E-state index contributed by atoms with van der Waals surface area (Å²) in [4.78, 5) is 24.9. The molecule has 0 radical (unpaired) electrons. The van der Waals surface area contributed by atoms with Gasteiger partial charge in [0.15, 0.2) is 11.5 Å². The summed E-state index contributed by atoms with van der Waals surface area (Å²) >= 11 is 0. The van der Waals surface area contributed by atoms with E-state index in [2.05, 4.69) is 10.6 Å². The lowest BCUT2D eigenvalue weighted by molar-refractivity contribution is -0.140. The first kappa shape index (κ1) is 23.1. The van der Waals surface area contributed by atoms with Gasteiger partial charge in [-0.05, 0) is 51.5 Å². The van der Waals surface area contributed by atoms with E-state index >= 15 is 0 Å². The quantitative estimate of drug-likeness (QED) is 0.646. The van der Waals surface area contributed by atoms with Crippen LogP contribution in [-0.2, 0) is 9.59 Å². The van der Waals surface area contributed by atoms with Crippen LogP contribution < -0.4 is 24.8 Å². The molecule has 2 aromatic carbocycles. The highest BCUT2D eigenvalue weighted by atomic mass is 16.5. The van der Waals surface area contributed by atoms with Crippen LogP contribution in [0.5, 0.6) is 17.2 Å². The van der Waals surface area contributed by atoms with Crippen LogP contribution in [0.1, 0.15) is 49.5 Å². The smallest absolute Gasteiger partial charge is 0.309 e. The van der Waals surface area contributed by atoms with Gasteiger partial charge in [0.25, 0.3) is 0 Å². The number of amides is 2. The lowest BCUT2D eigenvalue weighted by atomic mass is 10.0. The molecule has 0 fully saturated rings. The Kier molecular flexibility index (Phi) is 8.09. The molecule has 162 valence electrons. The number of carbonyl (C=O) groups excluding carboxylic acids is 2. The van der Waals surface area contributed by atoms with Crippen LogP contribution in [0, 0.1) is 6.92 Å². The zero-order valence-corrected chi connectivity index (χ0v) is 18.4. The molecule has 0 aliphatic rings. The van der Waals surface area contributed by atoms with Crippen LogP contribution in [0.2, 0.25) is 0 Å². The van der Waals surface area contributed by atoms with Crippen molar-refractivity contribution in [3.63, 3.8) is 0 Å². The van der Waals surface area contributed by atoms with Crippen LogP contribution >= 0.6 is 0 Å². The van der Waals surface area contributed by atoms with Crippen molar-refractivity contribution in [2.75, 3.05) is 20.8 Å². The van der Waals surface area contributed by atoms with Gasteiger partial charge in [0, 0.05) is 5.56 Å². The molecule has 0 heterocycles. The van der Waals surface area contributed by atoms with Gasteiger partial charge in [-0.3, -0.25) is 9.59 Å². The van der Waals surface area contributed by atoms with E-state index in [9.17, 15) is 9.59 Å². The molecular weight excluding hydrogens is 384 g/mol. The summed E-state index contributed by atoms with van der Waals surface area (Å²) in [6.07, 6.45) is 0. The van der Waals surface area contributed by atoms with Gasteiger partial charge in [-0.1, -0.05) is 23.8 Å². The minimum absolute atomic E-state index is 0.388. The molecule has 0 saturated heterocycles. The van der Waals surface area contributed by atoms with E-state index in [0.29, 0.717) is 23.9 Å². The fraction of sp³-hybridized carbons (Fsp3) is 0.391. The maximum atomic E-state index is 12.5. The standard InChI is InChI=1S/C23H30N2O5/c1-7-30-19-10-8-14(2)12-18(19)16(4)25-23(27)22(26)24-15(3)17-9-11-20(28-5)21(13-17)29-6/h8-13,15-16H,7H2,1-6H3,(H,24,26)(H,25,27). The van der Waals surface area contributed by atoms with Crippen molar-refractivity contribution >= 4 is 11.8 Å². The molecule has 0 bridgehead atoms.